The summed E-state index contributed by atoms with van der Waals surface area (Å²) in [5, 5.41) is 2.77. The first-order valence-corrected chi connectivity index (χ1v) is 8.59. The Hall–Kier alpha value is -3.26. The Bertz CT molecular complexity index is 935. The zero-order chi connectivity index (χ0) is 18.6. The van der Waals surface area contributed by atoms with Crippen LogP contribution in [0.3, 0.4) is 0 Å². The molecule has 1 aliphatic rings. The van der Waals surface area contributed by atoms with Crippen LogP contribution in [0.2, 0.25) is 0 Å². The van der Waals surface area contributed by atoms with Gasteiger partial charge in [0.05, 0.1) is 13.2 Å². The molecule has 3 heterocycles. The van der Waals surface area contributed by atoms with Gasteiger partial charge < -0.3 is 19.9 Å². The fourth-order valence-electron chi connectivity index (χ4n) is 2.90. The SMILES string of the molecule is O=C(Nc1cc(N2CCOCC2)ncn1)c1cc(-c2ccc(F)cc2)c[nH]1. The second-order valence-corrected chi connectivity index (χ2v) is 6.12. The minimum absolute atomic E-state index is 0.299. The molecule has 1 fully saturated rings. The zero-order valence-corrected chi connectivity index (χ0v) is 14.5. The number of anilines is 2. The van der Waals surface area contributed by atoms with Crippen LogP contribution in [0.5, 0.6) is 0 Å². The number of morpholine rings is 1. The Labute approximate surface area is 155 Å². The summed E-state index contributed by atoms with van der Waals surface area (Å²) in [7, 11) is 0. The number of carbonyl (C=O) groups is 1. The normalized spacial score (nSPS) is 14.2. The first-order valence-electron chi connectivity index (χ1n) is 8.59. The summed E-state index contributed by atoms with van der Waals surface area (Å²) in [5.74, 6) is 0.568. The minimum atomic E-state index is -0.310. The van der Waals surface area contributed by atoms with Crippen LogP contribution >= 0.6 is 0 Å². The third kappa shape index (κ3) is 3.95. The summed E-state index contributed by atoms with van der Waals surface area (Å²) in [6, 6.07) is 9.56. The molecule has 1 amide bonds. The van der Waals surface area contributed by atoms with Crippen molar-refractivity contribution in [3.8, 4) is 11.1 Å². The average molecular weight is 367 g/mol. The molecule has 138 valence electrons. The number of rotatable bonds is 4. The van der Waals surface area contributed by atoms with E-state index >= 15 is 0 Å². The van der Waals surface area contributed by atoms with Crippen molar-refractivity contribution in [2.75, 3.05) is 36.5 Å². The van der Waals surface area contributed by atoms with E-state index in [0.717, 1.165) is 30.0 Å². The first kappa shape index (κ1) is 17.2. The third-order valence-corrected chi connectivity index (χ3v) is 4.33. The van der Waals surface area contributed by atoms with Crippen molar-refractivity contribution < 1.29 is 13.9 Å². The fraction of sp³-hybridized carbons (Fsp3) is 0.211. The molecule has 0 aliphatic carbocycles. The number of hydrogen-bond acceptors (Lipinski definition) is 5. The lowest BCUT2D eigenvalue weighted by atomic mass is 10.1. The van der Waals surface area contributed by atoms with Gasteiger partial charge in [-0.15, -0.1) is 0 Å². The highest BCUT2D eigenvalue weighted by Gasteiger charge is 2.15. The molecule has 1 aromatic carbocycles. The van der Waals surface area contributed by atoms with Gasteiger partial charge >= 0.3 is 0 Å². The van der Waals surface area contributed by atoms with Crippen LogP contribution in [0, 0.1) is 5.82 Å². The van der Waals surface area contributed by atoms with Crippen LogP contribution in [0.25, 0.3) is 11.1 Å². The number of amides is 1. The fourth-order valence-corrected chi connectivity index (χ4v) is 2.90. The van der Waals surface area contributed by atoms with Crippen molar-refractivity contribution in [2.24, 2.45) is 0 Å². The van der Waals surface area contributed by atoms with Crippen molar-refractivity contribution in [3.05, 3.63) is 60.4 Å². The largest absolute Gasteiger partial charge is 0.378 e. The lowest BCUT2D eigenvalue weighted by molar-refractivity contribution is 0.102. The van der Waals surface area contributed by atoms with Gasteiger partial charge in [0.25, 0.3) is 5.91 Å². The summed E-state index contributed by atoms with van der Waals surface area (Å²) >= 11 is 0. The van der Waals surface area contributed by atoms with Crippen molar-refractivity contribution >= 4 is 17.5 Å². The second kappa shape index (κ2) is 7.55. The number of hydrogen-bond donors (Lipinski definition) is 2. The molecule has 1 aliphatic heterocycles. The van der Waals surface area contributed by atoms with Gasteiger partial charge in [-0.25, -0.2) is 14.4 Å². The van der Waals surface area contributed by atoms with E-state index in [0.29, 0.717) is 24.7 Å². The van der Waals surface area contributed by atoms with E-state index in [9.17, 15) is 9.18 Å². The molecule has 4 rings (SSSR count). The molecule has 3 aromatic rings. The van der Waals surface area contributed by atoms with Gasteiger partial charge in [-0.05, 0) is 29.3 Å². The van der Waals surface area contributed by atoms with Crippen molar-refractivity contribution in [3.63, 3.8) is 0 Å². The molecular formula is C19H18FN5O2. The van der Waals surface area contributed by atoms with E-state index in [2.05, 4.69) is 25.2 Å². The highest BCUT2D eigenvalue weighted by Crippen LogP contribution is 2.21. The number of carbonyl (C=O) groups excluding carboxylic acids is 1. The number of nitrogens with one attached hydrogen (secondary N) is 2. The predicted molar refractivity (Wildman–Crippen MR) is 99.2 cm³/mol. The monoisotopic (exact) mass is 367 g/mol. The summed E-state index contributed by atoms with van der Waals surface area (Å²) in [4.78, 5) is 25.9. The minimum Gasteiger partial charge on any atom is -0.378 e. The Balaban J connectivity index is 1.47. The maximum Gasteiger partial charge on any atom is 0.273 e. The maximum atomic E-state index is 13.1. The van der Waals surface area contributed by atoms with Gasteiger partial charge in [-0.3, -0.25) is 4.79 Å². The van der Waals surface area contributed by atoms with Crippen molar-refractivity contribution in [2.45, 2.75) is 0 Å². The Morgan fingerprint density at radius 3 is 2.67 bits per heavy atom. The average Bonchev–Trinajstić information content (AvgIpc) is 3.20. The highest BCUT2D eigenvalue weighted by atomic mass is 19.1. The number of aromatic nitrogens is 3. The number of aromatic amines is 1. The maximum absolute atomic E-state index is 13.1. The lowest BCUT2D eigenvalue weighted by Crippen LogP contribution is -2.36. The molecule has 2 N–H and O–H groups in total. The van der Waals surface area contributed by atoms with E-state index in [1.807, 2.05) is 0 Å². The summed E-state index contributed by atoms with van der Waals surface area (Å²) < 4.78 is 18.4. The number of nitrogens with zero attached hydrogens (tertiary/aromatic N) is 3. The molecule has 0 unspecified atom stereocenters. The van der Waals surface area contributed by atoms with E-state index in [-0.39, 0.29) is 11.7 Å². The van der Waals surface area contributed by atoms with E-state index in [4.69, 9.17) is 4.74 Å². The molecule has 8 heteroatoms. The summed E-state index contributed by atoms with van der Waals surface area (Å²) in [5.41, 5.74) is 2.01. The quantitative estimate of drug-likeness (QED) is 0.741. The number of H-pyrrole nitrogens is 1. The van der Waals surface area contributed by atoms with Crippen molar-refractivity contribution in [1.82, 2.24) is 15.0 Å². The van der Waals surface area contributed by atoms with E-state index < -0.39 is 0 Å². The lowest BCUT2D eigenvalue weighted by Gasteiger charge is -2.27. The molecule has 7 nitrogen and oxygen atoms in total. The van der Waals surface area contributed by atoms with Gasteiger partial charge in [-0.2, -0.15) is 0 Å². The van der Waals surface area contributed by atoms with Crippen LogP contribution in [-0.4, -0.2) is 47.2 Å². The van der Waals surface area contributed by atoms with Crippen LogP contribution < -0.4 is 10.2 Å². The van der Waals surface area contributed by atoms with Gasteiger partial charge in [0.1, 0.15) is 29.5 Å². The predicted octanol–water partition coefficient (Wildman–Crippen LogP) is 2.70. The zero-order valence-electron chi connectivity index (χ0n) is 14.5. The molecule has 0 bridgehead atoms. The van der Waals surface area contributed by atoms with Crippen LogP contribution in [0.1, 0.15) is 10.5 Å². The molecule has 27 heavy (non-hydrogen) atoms. The summed E-state index contributed by atoms with van der Waals surface area (Å²) in [6.45, 7) is 2.81. The smallest absolute Gasteiger partial charge is 0.273 e. The van der Waals surface area contributed by atoms with Crippen LogP contribution in [-0.2, 0) is 4.74 Å². The third-order valence-electron chi connectivity index (χ3n) is 4.33. The van der Waals surface area contributed by atoms with Crippen molar-refractivity contribution in [1.29, 1.82) is 0 Å². The Morgan fingerprint density at radius 1 is 1.11 bits per heavy atom. The van der Waals surface area contributed by atoms with Gasteiger partial charge in [-0.1, -0.05) is 12.1 Å². The summed E-state index contributed by atoms with van der Waals surface area (Å²) in [6.07, 6.45) is 3.14. The molecule has 0 atom stereocenters. The van der Waals surface area contributed by atoms with E-state index in [1.54, 1.807) is 30.5 Å². The van der Waals surface area contributed by atoms with Gasteiger partial charge in [0.15, 0.2) is 0 Å². The van der Waals surface area contributed by atoms with Crippen LogP contribution in [0.15, 0.2) is 48.9 Å². The van der Waals surface area contributed by atoms with Gasteiger partial charge in [0, 0.05) is 25.4 Å². The van der Waals surface area contributed by atoms with Crippen LogP contribution in [0.4, 0.5) is 16.0 Å². The molecule has 0 radical (unpaired) electrons. The van der Waals surface area contributed by atoms with E-state index in [1.165, 1.54) is 18.5 Å². The van der Waals surface area contributed by atoms with Gasteiger partial charge in [0.2, 0.25) is 0 Å². The Morgan fingerprint density at radius 2 is 1.89 bits per heavy atom. The number of halogens is 1. The molecular weight excluding hydrogens is 349 g/mol. The first-order chi connectivity index (χ1) is 13.2. The Kier molecular flexibility index (Phi) is 4.80. The second-order valence-electron chi connectivity index (χ2n) is 6.12. The standard InChI is InChI=1S/C19H18FN5O2/c20-15-3-1-13(2-4-15)14-9-16(21-11-14)19(26)24-17-10-18(23-12-22-17)25-5-7-27-8-6-25/h1-4,9-12,21H,5-8H2,(H,22,23,24,26). The molecule has 2 aromatic heterocycles. The molecule has 0 spiro atoms. The molecule has 1 saturated heterocycles. The number of ether oxygens (including phenoxy) is 1. The topological polar surface area (TPSA) is 83.1 Å². The molecule has 0 saturated carbocycles. The highest BCUT2D eigenvalue weighted by molar-refractivity contribution is 6.03. The number of benzene rings is 1.